The lowest BCUT2D eigenvalue weighted by molar-refractivity contribution is -0.115. The molecule has 98 valence electrons. The van der Waals surface area contributed by atoms with Crippen molar-refractivity contribution in [3.8, 4) is 0 Å². The second-order valence-corrected chi connectivity index (χ2v) is 6.84. The maximum absolute atomic E-state index is 11.6. The molecule has 4 rings (SSSR count). The van der Waals surface area contributed by atoms with E-state index in [1.54, 1.807) is 0 Å². The summed E-state index contributed by atoms with van der Waals surface area (Å²) in [6.07, 6.45) is 2.13. The van der Waals surface area contributed by atoms with E-state index in [1.807, 2.05) is 12.1 Å². The van der Waals surface area contributed by atoms with Crippen molar-refractivity contribution in [1.82, 2.24) is 4.90 Å². The van der Waals surface area contributed by atoms with Crippen molar-refractivity contribution in [2.75, 3.05) is 25.0 Å². The lowest BCUT2D eigenvalue weighted by atomic mass is 9.74. The molecule has 0 spiro atoms. The van der Waals surface area contributed by atoms with E-state index in [1.165, 1.54) is 11.3 Å². The minimum Gasteiger partial charge on any atom is -0.383 e. The quantitative estimate of drug-likeness (QED) is 0.683. The monoisotopic (exact) mass is 329 g/mol. The summed E-state index contributed by atoms with van der Waals surface area (Å²) in [4.78, 5) is 15.7. The molecular weight excluding hydrogens is 314 g/mol. The van der Waals surface area contributed by atoms with Crippen molar-refractivity contribution < 1.29 is 9.90 Å². The van der Waals surface area contributed by atoms with E-state index >= 15 is 0 Å². The van der Waals surface area contributed by atoms with Gasteiger partial charge in [0.1, 0.15) is 5.60 Å². The number of hydrogen-bond acceptors (Lipinski definition) is 4. The molecule has 0 saturated carbocycles. The van der Waals surface area contributed by atoms with Crippen LogP contribution in [0.2, 0.25) is 0 Å². The highest BCUT2D eigenvalue weighted by Crippen LogP contribution is 2.44. The molecule has 0 aliphatic carbocycles. The molecule has 3 fully saturated rings. The van der Waals surface area contributed by atoms with Gasteiger partial charge in [-0.2, -0.15) is 0 Å². The van der Waals surface area contributed by atoms with Crippen LogP contribution in [0.4, 0.5) is 0 Å². The second-order valence-electron chi connectivity index (χ2n) is 5.20. The van der Waals surface area contributed by atoms with Crippen LogP contribution in [0.1, 0.15) is 27.4 Å². The molecule has 3 aliphatic heterocycles. The van der Waals surface area contributed by atoms with Gasteiger partial charge in [-0.3, -0.25) is 4.79 Å². The molecule has 0 amide bonds. The smallest absolute Gasteiger partial charge is 0.183 e. The van der Waals surface area contributed by atoms with E-state index in [9.17, 15) is 9.90 Å². The molecule has 1 aromatic heterocycles. The Labute approximate surface area is 119 Å². The number of rotatable bonds is 3. The Morgan fingerprint density at radius 1 is 1.50 bits per heavy atom. The third kappa shape index (κ3) is 1.97. The molecule has 3 nitrogen and oxygen atoms in total. The highest BCUT2D eigenvalue weighted by molar-refractivity contribution is 9.09. The molecule has 4 heterocycles. The van der Waals surface area contributed by atoms with Gasteiger partial charge in [0.15, 0.2) is 5.78 Å². The van der Waals surface area contributed by atoms with Crippen LogP contribution in [0.15, 0.2) is 12.1 Å². The molecule has 18 heavy (non-hydrogen) atoms. The Balaban J connectivity index is 1.90. The van der Waals surface area contributed by atoms with E-state index in [2.05, 4.69) is 20.8 Å². The van der Waals surface area contributed by atoms with Crippen LogP contribution < -0.4 is 0 Å². The molecule has 3 saturated heterocycles. The van der Waals surface area contributed by atoms with Crippen LogP contribution in [0.25, 0.3) is 0 Å². The van der Waals surface area contributed by atoms with Crippen LogP contribution in [0, 0.1) is 5.92 Å². The number of aliphatic hydroxyl groups is 1. The highest BCUT2D eigenvalue weighted by Gasteiger charge is 2.47. The lowest BCUT2D eigenvalue weighted by Gasteiger charge is -2.50. The standard InChI is InChI=1S/C13H16BrNO2S/c14-7-10(16)11-1-2-12(18-11)13(17)8-15-5-3-9(13)4-6-15/h1-2,9,17H,3-8H2. The van der Waals surface area contributed by atoms with E-state index in [-0.39, 0.29) is 5.78 Å². The molecular formula is C13H16BrNO2S. The van der Waals surface area contributed by atoms with Gasteiger partial charge >= 0.3 is 0 Å². The molecule has 1 N–H and O–H groups in total. The fourth-order valence-electron chi connectivity index (χ4n) is 3.10. The van der Waals surface area contributed by atoms with Crippen molar-refractivity contribution in [2.45, 2.75) is 18.4 Å². The first kappa shape index (κ1) is 12.8. The minimum atomic E-state index is -0.730. The van der Waals surface area contributed by atoms with Crippen LogP contribution in [0.3, 0.4) is 0 Å². The number of fused-ring (bicyclic) bond motifs is 3. The summed E-state index contributed by atoms with van der Waals surface area (Å²) in [6.45, 7) is 2.93. The predicted octanol–water partition coefficient (Wildman–Crippen LogP) is 2.24. The van der Waals surface area contributed by atoms with Crippen LogP contribution in [-0.2, 0) is 5.60 Å². The zero-order valence-corrected chi connectivity index (χ0v) is 12.5. The van der Waals surface area contributed by atoms with E-state index in [4.69, 9.17) is 0 Å². The zero-order chi connectivity index (χ0) is 12.8. The Morgan fingerprint density at radius 2 is 2.22 bits per heavy atom. The zero-order valence-electron chi connectivity index (χ0n) is 10.1. The number of ketones is 1. The summed E-state index contributed by atoms with van der Waals surface area (Å²) < 4.78 is 0. The van der Waals surface area contributed by atoms with Gasteiger partial charge in [-0.15, -0.1) is 11.3 Å². The van der Waals surface area contributed by atoms with Crippen molar-refractivity contribution in [1.29, 1.82) is 0 Å². The molecule has 1 atom stereocenters. The van der Waals surface area contributed by atoms with Crippen molar-refractivity contribution in [2.24, 2.45) is 5.92 Å². The fourth-order valence-corrected chi connectivity index (χ4v) is 4.69. The van der Waals surface area contributed by atoms with E-state index in [0.717, 1.165) is 42.2 Å². The first-order valence-corrected chi connectivity index (χ1v) is 8.21. The number of thiophene rings is 1. The fraction of sp³-hybridized carbons (Fsp3) is 0.615. The summed E-state index contributed by atoms with van der Waals surface area (Å²) in [7, 11) is 0. The van der Waals surface area contributed by atoms with E-state index < -0.39 is 5.60 Å². The van der Waals surface area contributed by atoms with Crippen molar-refractivity contribution >= 4 is 33.0 Å². The average molecular weight is 330 g/mol. The molecule has 3 aliphatic rings. The van der Waals surface area contributed by atoms with E-state index in [0.29, 0.717) is 11.2 Å². The van der Waals surface area contributed by atoms with Gasteiger partial charge in [-0.25, -0.2) is 0 Å². The summed E-state index contributed by atoms with van der Waals surface area (Å²) in [6, 6.07) is 3.78. The predicted molar refractivity (Wildman–Crippen MR) is 75.5 cm³/mol. The number of hydrogen-bond donors (Lipinski definition) is 1. The largest absolute Gasteiger partial charge is 0.383 e. The number of Topliss-reactive ketones (excluding diaryl/α,β-unsaturated/α-hetero) is 1. The number of carbonyl (C=O) groups excluding carboxylic acids is 1. The van der Waals surface area contributed by atoms with Crippen molar-refractivity contribution in [3.05, 3.63) is 21.9 Å². The first-order valence-electron chi connectivity index (χ1n) is 6.27. The Kier molecular flexibility index (Phi) is 3.34. The number of carbonyl (C=O) groups is 1. The number of alkyl halides is 1. The second kappa shape index (κ2) is 4.71. The molecule has 1 unspecified atom stereocenters. The normalized spacial score (nSPS) is 34.8. The van der Waals surface area contributed by atoms with Gasteiger partial charge in [0.05, 0.1) is 10.2 Å². The Hall–Kier alpha value is -0.230. The van der Waals surface area contributed by atoms with Gasteiger partial charge < -0.3 is 10.0 Å². The summed E-state index contributed by atoms with van der Waals surface area (Å²) >= 11 is 4.64. The third-order valence-electron chi connectivity index (χ3n) is 4.16. The number of piperidine rings is 3. The van der Waals surface area contributed by atoms with Crippen LogP contribution in [0.5, 0.6) is 0 Å². The van der Waals surface area contributed by atoms with Crippen LogP contribution >= 0.6 is 27.3 Å². The topological polar surface area (TPSA) is 40.5 Å². The van der Waals surface area contributed by atoms with Gasteiger partial charge in [0.2, 0.25) is 0 Å². The third-order valence-corrected chi connectivity index (χ3v) is 5.96. The SMILES string of the molecule is O=C(CBr)c1ccc(C2(O)CN3CCC2CC3)s1. The molecule has 5 heteroatoms. The van der Waals surface area contributed by atoms with Gasteiger partial charge in [0, 0.05) is 11.4 Å². The maximum atomic E-state index is 11.6. The Bertz CT molecular complexity index is 467. The number of nitrogens with zero attached hydrogens (tertiary/aromatic N) is 1. The maximum Gasteiger partial charge on any atom is 0.183 e. The molecule has 0 aromatic carbocycles. The summed E-state index contributed by atoms with van der Waals surface area (Å²) in [5, 5.41) is 11.3. The van der Waals surface area contributed by atoms with Gasteiger partial charge in [-0.1, -0.05) is 15.9 Å². The minimum absolute atomic E-state index is 0.0936. The van der Waals surface area contributed by atoms with Gasteiger partial charge in [0.25, 0.3) is 0 Å². The summed E-state index contributed by atoms with van der Waals surface area (Å²) in [5.41, 5.74) is -0.730. The van der Waals surface area contributed by atoms with Gasteiger partial charge in [-0.05, 0) is 44.0 Å². The molecule has 1 aromatic rings. The molecule has 2 bridgehead atoms. The van der Waals surface area contributed by atoms with Crippen LogP contribution in [-0.4, -0.2) is 40.8 Å². The first-order chi connectivity index (χ1) is 8.63. The number of halogens is 1. The lowest BCUT2D eigenvalue weighted by Crippen LogP contribution is -2.56. The molecule has 0 radical (unpaired) electrons. The van der Waals surface area contributed by atoms with Crippen molar-refractivity contribution in [3.63, 3.8) is 0 Å². The Morgan fingerprint density at radius 3 is 2.78 bits per heavy atom. The summed E-state index contributed by atoms with van der Waals surface area (Å²) in [5.74, 6) is 0.448. The highest BCUT2D eigenvalue weighted by atomic mass is 79.9. The average Bonchev–Trinajstić information content (AvgIpc) is 2.89.